The SMILES string of the molecule is CC(C)(C)C(Br)Cc1ccc2nccnc2n1. The molecule has 0 saturated carbocycles. The Kier molecular flexibility index (Phi) is 3.43. The Morgan fingerprint density at radius 3 is 2.59 bits per heavy atom. The summed E-state index contributed by atoms with van der Waals surface area (Å²) in [4.78, 5) is 13.4. The third kappa shape index (κ3) is 3.00. The number of pyridine rings is 1. The van der Waals surface area contributed by atoms with E-state index in [1.807, 2.05) is 12.1 Å². The van der Waals surface area contributed by atoms with E-state index in [0.29, 0.717) is 4.83 Å². The number of alkyl halides is 1. The van der Waals surface area contributed by atoms with Crippen LogP contribution in [0.1, 0.15) is 26.5 Å². The summed E-state index contributed by atoms with van der Waals surface area (Å²) in [6.07, 6.45) is 4.26. The molecule has 0 aromatic carbocycles. The Balaban J connectivity index is 2.25. The van der Waals surface area contributed by atoms with Gasteiger partial charge in [-0.15, -0.1) is 0 Å². The molecule has 1 unspecified atom stereocenters. The van der Waals surface area contributed by atoms with Crippen LogP contribution in [-0.4, -0.2) is 19.8 Å². The van der Waals surface area contributed by atoms with Crippen LogP contribution in [0.3, 0.4) is 0 Å². The Hall–Kier alpha value is -1.03. The van der Waals surface area contributed by atoms with Crippen molar-refractivity contribution in [3.8, 4) is 0 Å². The van der Waals surface area contributed by atoms with Crippen molar-refractivity contribution in [3.05, 3.63) is 30.2 Å². The van der Waals surface area contributed by atoms with Gasteiger partial charge in [-0.25, -0.2) is 9.97 Å². The van der Waals surface area contributed by atoms with Gasteiger partial charge in [0.2, 0.25) is 0 Å². The highest BCUT2D eigenvalue weighted by Gasteiger charge is 2.22. The Morgan fingerprint density at radius 1 is 1.18 bits per heavy atom. The maximum Gasteiger partial charge on any atom is 0.178 e. The number of nitrogens with zero attached hydrogens (tertiary/aromatic N) is 3. The third-order valence-corrected chi connectivity index (χ3v) is 4.41. The molecule has 3 nitrogen and oxygen atoms in total. The van der Waals surface area contributed by atoms with Crippen molar-refractivity contribution in [1.82, 2.24) is 15.0 Å². The van der Waals surface area contributed by atoms with Crippen molar-refractivity contribution >= 4 is 27.1 Å². The van der Waals surface area contributed by atoms with E-state index in [9.17, 15) is 0 Å². The molecule has 0 spiro atoms. The third-order valence-electron chi connectivity index (χ3n) is 2.72. The van der Waals surface area contributed by atoms with Gasteiger partial charge in [-0.3, -0.25) is 4.98 Å². The molecule has 0 aliphatic carbocycles. The zero-order chi connectivity index (χ0) is 12.5. The first-order valence-corrected chi connectivity index (χ1v) is 6.59. The predicted molar refractivity (Wildman–Crippen MR) is 73.2 cm³/mol. The van der Waals surface area contributed by atoms with Crippen LogP contribution in [-0.2, 0) is 6.42 Å². The van der Waals surface area contributed by atoms with Crippen LogP contribution in [0.2, 0.25) is 0 Å². The molecule has 0 N–H and O–H groups in total. The van der Waals surface area contributed by atoms with Crippen LogP contribution >= 0.6 is 15.9 Å². The van der Waals surface area contributed by atoms with Gasteiger partial charge in [-0.1, -0.05) is 36.7 Å². The van der Waals surface area contributed by atoms with E-state index in [1.54, 1.807) is 12.4 Å². The number of rotatable bonds is 2. The topological polar surface area (TPSA) is 38.7 Å². The van der Waals surface area contributed by atoms with E-state index in [4.69, 9.17) is 0 Å². The molecule has 0 radical (unpaired) electrons. The Morgan fingerprint density at radius 2 is 1.88 bits per heavy atom. The molecule has 0 aliphatic heterocycles. The van der Waals surface area contributed by atoms with Crippen LogP contribution in [0, 0.1) is 5.41 Å². The highest BCUT2D eigenvalue weighted by Crippen LogP contribution is 2.28. The first-order chi connectivity index (χ1) is 7.97. The molecule has 0 bridgehead atoms. The van der Waals surface area contributed by atoms with Gasteiger partial charge >= 0.3 is 0 Å². The van der Waals surface area contributed by atoms with Crippen LogP contribution < -0.4 is 0 Å². The van der Waals surface area contributed by atoms with Gasteiger partial charge in [0.05, 0.1) is 0 Å². The lowest BCUT2D eigenvalue weighted by molar-refractivity contribution is 0.396. The van der Waals surface area contributed by atoms with Crippen molar-refractivity contribution in [2.24, 2.45) is 5.41 Å². The zero-order valence-electron chi connectivity index (χ0n) is 10.3. The molecule has 2 heterocycles. The number of fused-ring (bicyclic) bond motifs is 1. The second kappa shape index (κ2) is 4.69. The van der Waals surface area contributed by atoms with E-state index < -0.39 is 0 Å². The lowest BCUT2D eigenvalue weighted by Crippen LogP contribution is -2.22. The first kappa shape index (κ1) is 12.4. The normalized spacial score (nSPS) is 13.9. The van der Waals surface area contributed by atoms with Gasteiger partial charge in [-0.05, 0) is 17.5 Å². The standard InChI is InChI=1S/C13H16BrN3/c1-13(2,3)11(14)8-9-4-5-10-12(17-9)16-7-6-15-10/h4-7,11H,8H2,1-3H3. The van der Waals surface area contributed by atoms with Crippen LogP contribution in [0.25, 0.3) is 11.2 Å². The van der Waals surface area contributed by atoms with Gasteiger partial charge in [0.25, 0.3) is 0 Å². The average Bonchev–Trinajstić information content (AvgIpc) is 2.27. The van der Waals surface area contributed by atoms with E-state index in [0.717, 1.165) is 23.3 Å². The molecule has 1 atom stereocenters. The van der Waals surface area contributed by atoms with Crippen molar-refractivity contribution in [1.29, 1.82) is 0 Å². The number of halogens is 1. The summed E-state index contributed by atoms with van der Waals surface area (Å²) < 4.78 is 0. The van der Waals surface area contributed by atoms with Crippen LogP contribution in [0.4, 0.5) is 0 Å². The molecule has 2 rings (SSSR count). The largest absolute Gasteiger partial charge is 0.251 e. The van der Waals surface area contributed by atoms with Gasteiger partial charge in [-0.2, -0.15) is 0 Å². The summed E-state index contributed by atoms with van der Waals surface area (Å²) >= 11 is 3.72. The average molecular weight is 294 g/mol. The van der Waals surface area contributed by atoms with Crippen LogP contribution in [0.15, 0.2) is 24.5 Å². The summed E-state index contributed by atoms with van der Waals surface area (Å²) in [6, 6.07) is 4.00. The van der Waals surface area contributed by atoms with Crippen LogP contribution in [0.5, 0.6) is 0 Å². The lowest BCUT2D eigenvalue weighted by atomic mass is 9.89. The number of aromatic nitrogens is 3. The molecule has 0 fully saturated rings. The molecule has 2 aromatic rings. The van der Waals surface area contributed by atoms with Gasteiger partial charge in [0.15, 0.2) is 5.65 Å². The Labute approximate surface area is 110 Å². The smallest absolute Gasteiger partial charge is 0.178 e. The lowest BCUT2D eigenvalue weighted by Gasteiger charge is -2.25. The number of hydrogen-bond donors (Lipinski definition) is 0. The minimum Gasteiger partial charge on any atom is -0.251 e. The van der Waals surface area contributed by atoms with Crippen molar-refractivity contribution in [3.63, 3.8) is 0 Å². The summed E-state index contributed by atoms with van der Waals surface area (Å²) in [5.41, 5.74) is 2.84. The molecule has 0 aliphatic rings. The fraction of sp³-hybridized carbons (Fsp3) is 0.462. The van der Waals surface area contributed by atoms with E-state index in [1.165, 1.54) is 0 Å². The van der Waals surface area contributed by atoms with E-state index >= 15 is 0 Å². The molecular weight excluding hydrogens is 278 g/mol. The highest BCUT2D eigenvalue weighted by atomic mass is 79.9. The molecule has 0 amide bonds. The van der Waals surface area contributed by atoms with E-state index in [2.05, 4.69) is 51.7 Å². The molecule has 0 saturated heterocycles. The summed E-state index contributed by atoms with van der Waals surface area (Å²) in [5.74, 6) is 0. The predicted octanol–water partition coefficient (Wildman–Crippen LogP) is 3.38. The molecule has 17 heavy (non-hydrogen) atoms. The Bertz CT molecular complexity index is 519. The summed E-state index contributed by atoms with van der Waals surface area (Å²) in [5, 5.41) is 0. The maximum absolute atomic E-state index is 4.53. The van der Waals surface area contributed by atoms with Gasteiger partial charge in [0, 0.05) is 29.3 Å². The molecule has 2 aromatic heterocycles. The second-order valence-corrected chi connectivity index (χ2v) is 6.34. The minimum atomic E-state index is 0.221. The zero-order valence-corrected chi connectivity index (χ0v) is 11.9. The quantitative estimate of drug-likeness (QED) is 0.797. The summed E-state index contributed by atoms with van der Waals surface area (Å²) in [6.45, 7) is 6.65. The number of hydrogen-bond acceptors (Lipinski definition) is 3. The molecular formula is C13H16BrN3. The van der Waals surface area contributed by atoms with Crippen molar-refractivity contribution in [2.75, 3.05) is 0 Å². The fourth-order valence-electron chi connectivity index (χ4n) is 1.50. The van der Waals surface area contributed by atoms with Crippen molar-refractivity contribution < 1.29 is 0 Å². The first-order valence-electron chi connectivity index (χ1n) is 5.67. The fourth-order valence-corrected chi connectivity index (χ4v) is 1.83. The van der Waals surface area contributed by atoms with Gasteiger partial charge < -0.3 is 0 Å². The monoisotopic (exact) mass is 293 g/mol. The van der Waals surface area contributed by atoms with Gasteiger partial charge in [0.1, 0.15) is 5.52 Å². The van der Waals surface area contributed by atoms with Crippen molar-refractivity contribution in [2.45, 2.75) is 32.0 Å². The summed E-state index contributed by atoms with van der Waals surface area (Å²) in [7, 11) is 0. The maximum atomic E-state index is 4.53. The molecule has 4 heteroatoms. The second-order valence-electron chi connectivity index (χ2n) is 5.24. The molecule has 90 valence electrons. The minimum absolute atomic E-state index is 0.221. The van der Waals surface area contributed by atoms with E-state index in [-0.39, 0.29) is 5.41 Å². The highest BCUT2D eigenvalue weighted by molar-refractivity contribution is 9.09.